The van der Waals surface area contributed by atoms with Crippen molar-refractivity contribution >= 4 is 27.7 Å². The number of carbonyl (C=O) groups excluding carboxylic acids is 1. The molecule has 1 amide bonds. The molecule has 0 saturated heterocycles. The summed E-state index contributed by atoms with van der Waals surface area (Å²) >= 11 is 1.57. The van der Waals surface area contributed by atoms with Crippen LogP contribution >= 0.6 is 11.8 Å². The fourth-order valence-electron chi connectivity index (χ4n) is 1.05. The number of rotatable bonds is 6. The molecule has 0 spiro atoms. The van der Waals surface area contributed by atoms with Gasteiger partial charge in [-0.3, -0.25) is 9.52 Å². The maximum atomic E-state index is 11.4. The lowest BCUT2D eigenvalue weighted by molar-refractivity contribution is -0.120. The predicted molar refractivity (Wildman–Crippen MR) is 61.1 cm³/mol. The number of thioether (sulfide) groups is 1. The number of sulfonamides is 1. The van der Waals surface area contributed by atoms with Crippen LogP contribution in [0.5, 0.6) is 0 Å². The maximum Gasteiger partial charge on any atom is 0.250 e. The smallest absolute Gasteiger partial charge is 0.250 e. The van der Waals surface area contributed by atoms with E-state index in [0.717, 1.165) is 5.75 Å². The van der Waals surface area contributed by atoms with Crippen LogP contribution in [-0.4, -0.2) is 37.6 Å². The minimum atomic E-state index is -3.44. The Morgan fingerprint density at radius 1 is 1.60 bits per heavy atom. The summed E-state index contributed by atoms with van der Waals surface area (Å²) in [7, 11) is -3.44. The van der Waals surface area contributed by atoms with Crippen molar-refractivity contribution in [2.75, 3.05) is 12.0 Å². The third kappa shape index (κ3) is 4.00. The van der Waals surface area contributed by atoms with Crippen LogP contribution in [-0.2, 0) is 14.8 Å². The first-order chi connectivity index (χ1) is 6.97. The second kappa shape index (κ2) is 5.18. The molecule has 1 atom stereocenters. The van der Waals surface area contributed by atoms with Crippen molar-refractivity contribution in [2.24, 2.45) is 5.73 Å². The summed E-state index contributed by atoms with van der Waals surface area (Å²) in [5.74, 6) is 0.161. The molecule has 0 unspecified atom stereocenters. The largest absolute Gasteiger partial charge is 0.320 e. The lowest BCUT2D eigenvalue weighted by Gasteiger charge is -2.11. The van der Waals surface area contributed by atoms with Crippen molar-refractivity contribution in [3.8, 4) is 0 Å². The first-order valence-corrected chi connectivity index (χ1v) is 7.71. The molecule has 0 aliphatic heterocycles. The fourth-order valence-corrected chi connectivity index (χ4v) is 2.90. The molecule has 88 valence electrons. The van der Waals surface area contributed by atoms with Gasteiger partial charge in [-0.25, -0.2) is 8.42 Å². The molecule has 1 aliphatic carbocycles. The van der Waals surface area contributed by atoms with Crippen LogP contribution in [0, 0.1) is 0 Å². The Bertz CT molecular complexity index is 325. The number of hydrogen-bond acceptors (Lipinski definition) is 5. The Balaban J connectivity index is 2.40. The predicted octanol–water partition coefficient (Wildman–Crippen LogP) is -0.325. The molecule has 1 saturated carbocycles. The Kier molecular flexibility index (Phi) is 4.42. The normalized spacial score (nSPS) is 18.5. The van der Waals surface area contributed by atoms with Crippen molar-refractivity contribution in [2.45, 2.75) is 30.6 Å². The summed E-state index contributed by atoms with van der Waals surface area (Å²) < 4.78 is 24.8. The summed E-state index contributed by atoms with van der Waals surface area (Å²) in [6, 6.07) is -0.731. The molecule has 1 aliphatic rings. The second-order valence-corrected chi connectivity index (χ2v) is 6.55. The van der Waals surface area contributed by atoms with E-state index in [1.54, 1.807) is 11.8 Å². The van der Waals surface area contributed by atoms with Gasteiger partial charge in [0, 0.05) is 0 Å². The van der Waals surface area contributed by atoms with Crippen LogP contribution in [0.15, 0.2) is 0 Å². The molecule has 5 nitrogen and oxygen atoms in total. The summed E-state index contributed by atoms with van der Waals surface area (Å²) in [4.78, 5) is 11.4. The highest BCUT2D eigenvalue weighted by Crippen LogP contribution is 2.27. The topological polar surface area (TPSA) is 89.3 Å². The number of carbonyl (C=O) groups is 1. The zero-order chi connectivity index (χ0) is 11.5. The van der Waals surface area contributed by atoms with Gasteiger partial charge in [0.1, 0.15) is 0 Å². The van der Waals surface area contributed by atoms with Crippen molar-refractivity contribution in [3.05, 3.63) is 0 Å². The van der Waals surface area contributed by atoms with E-state index in [-0.39, 0.29) is 5.25 Å². The van der Waals surface area contributed by atoms with Crippen LogP contribution in [0.25, 0.3) is 0 Å². The summed E-state index contributed by atoms with van der Waals surface area (Å²) in [6.07, 6.45) is 3.68. The van der Waals surface area contributed by atoms with Crippen LogP contribution in [0.2, 0.25) is 0 Å². The second-order valence-electron chi connectivity index (χ2n) is 3.60. The van der Waals surface area contributed by atoms with Crippen LogP contribution in [0.4, 0.5) is 0 Å². The van der Waals surface area contributed by atoms with Crippen LogP contribution in [0.1, 0.15) is 19.3 Å². The van der Waals surface area contributed by atoms with Gasteiger partial charge in [-0.1, -0.05) is 0 Å². The molecule has 0 aromatic rings. The highest BCUT2D eigenvalue weighted by Gasteiger charge is 2.37. The molecule has 0 bridgehead atoms. The number of nitrogens with one attached hydrogen (secondary N) is 1. The van der Waals surface area contributed by atoms with E-state index < -0.39 is 22.0 Å². The SMILES string of the molecule is CSCC[C@H](N)C(=O)NS(=O)(=O)C1CC1. The molecule has 0 heterocycles. The van der Waals surface area contributed by atoms with Gasteiger partial charge >= 0.3 is 0 Å². The van der Waals surface area contributed by atoms with Gasteiger partial charge < -0.3 is 5.73 Å². The van der Waals surface area contributed by atoms with E-state index in [9.17, 15) is 13.2 Å². The van der Waals surface area contributed by atoms with Gasteiger partial charge in [0.15, 0.2) is 0 Å². The van der Waals surface area contributed by atoms with E-state index in [0.29, 0.717) is 19.3 Å². The average Bonchev–Trinajstić information content (AvgIpc) is 2.96. The summed E-state index contributed by atoms with van der Waals surface area (Å²) in [5, 5.41) is -0.380. The zero-order valence-corrected chi connectivity index (χ0v) is 10.2. The number of hydrogen-bond donors (Lipinski definition) is 2. The summed E-state index contributed by atoms with van der Waals surface area (Å²) in [6.45, 7) is 0. The highest BCUT2D eigenvalue weighted by molar-refractivity contribution is 7.98. The van der Waals surface area contributed by atoms with E-state index in [1.807, 2.05) is 11.0 Å². The lowest BCUT2D eigenvalue weighted by Crippen LogP contribution is -2.44. The Morgan fingerprint density at radius 2 is 2.20 bits per heavy atom. The zero-order valence-electron chi connectivity index (χ0n) is 8.60. The van der Waals surface area contributed by atoms with Gasteiger partial charge in [0.25, 0.3) is 0 Å². The van der Waals surface area contributed by atoms with Gasteiger partial charge in [-0.05, 0) is 31.3 Å². The molecule has 15 heavy (non-hydrogen) atoms. The van der Waals surface area contributed by atoms with Crippen LogP contribution < -0.4 is 10.5 Å². The quantitative estimate of drug-likeness (QED) is 0.676. The Labute approximate surface area is 94.2 Å². The molecule has 0 radical (unpaired) electrons. The van der Waals surface area contributed by atoms with Crippen molar-refractivity contribution in [3.63, 3.8) is 0 Å². The van der Waals surface area contributed by atoms with Crippen LogP contribution in [0.3, 0.4) is 0 Å². The minimum Gasteiger partial charge on any atom is -0.320 e. The van der Waals surface area contributed by atoms with Crippen molar-refractivity contribution in [1.29, 1.82) is 0 Å². The average molecular weight is 252 g/mol. The molecule has 7 heteroatoms. The first-order valence-electron chi connectivity index (χ1n) is 4.77. The fraction of sp³-hybridized carbons (Fsp3) is 0.875. The van der Waals surface area contributed by atoms with Crippen molar-refractivity contribution < 1.29 is 13.2 Å². The van der Waals surface area contributed by atoms with Crippen molar-refractivity contribution in [1.82, 2.24) is 4.72 Å². The molecular weight excluding hydrogens is 236 g/mol. The van der Waals surface area contributed by atoms with E-state index in [1.165, 1.54) is 0 Å². The van der Waals surface area contributed by atoms with E-state index >= 15 is 0 Å². The summed E-state index contributed by atoms with van der Waals surface area (Å²) in [5.41, 5.74) is 5.54. The molecule has 0 aromatic heterocycles. The Hall–Kier alpha value is -0.270. The minimum absolute atomic E-state index is 0.380. The first kappa shape index (κ1) is 12.8. The molecular formula is C8H16N2O3S2. The number of nitrogens with two attached hydrogens (primary N) is 1. The van der Waals surface area contributed by atoms with Gasteiger partial charge in [-0.2, -0.15) is 11.8 Å². The number of amides is 1. The maximum absolute atomic E-state index is 11.4. The lowest BCUT2D eigenvalue weighted by atomic mass is 10.2. The monoisotopic (exact) mass is 252 g/mol. The molecule has 3 N–H and O–H groups in total. The highest BCUT2D eigenvalue weighted by atomic mass is 32.2. The Morgan fingerprint density at radius 3 is 2.67 bits per heavy atom. The van der Waals surface area contributed by atoms with E-state index in [2.05, 4.69) is 0 Å². The van der Waals surface area contributed by atoms with Gasteiger partial charge in [-0.15, -0.1) is 0 Å². The third-order valence-corrected chi connectivity index (χ3v) is 4.65. The van der Waals surface area contributed by atoms with E-state index in [4.69, 9.17) is 5.73 Å². The van der Waals surface area contributed by atoms with Gasteiger partial charge in [0.05, 0.1) is 11.3 Å². The molecule has 0 aromatic carbocycles. The molecule has 1 rings (SSSR count). The standard InChI is InChI=1S/C8H16N2O3S2/c1-14-5-4-7(9)8(11)10-15(12,13)6-2-3-6/h6-7H,2-5,9H2,1H3,(H,10,11)/t7-/m0/s1. The van der Waals surface area contributed by atoms with Gasteiger partial charge in [0.2, 0.25) is 15.9 Å². The third-order valence-electron chi connectivity index (χ3n) is 2.18. The molecule has 1 fully saturated rings.